The molecule has 0 saturated carbocycles. The average Bonchev–Trinajstić information content (AvgIpc) is 2.30. The van der Waals surface area contributed by atoms with Crippen molar-refractivity contribution in [1.82, 2.24) is 0 Å². The zero-order chi connectivity index (χ0) is 15.7. The van der Waals surface area contributed by atoms with Gasteiger partial charge in [-0.25, -0.2) is 4.79 Å². The first-order valence-electron chi connectivity index (χ1n) is 6.27. The van der Waals surface area contributed by atoms with Crippen LogP contribution in [0.5, 0.6) is 0 Å². The van der Waals surface area contributed by atoms with Crippen LogP contribution < -0.4 is 5.73 Å². The second-order valence-corrected chi connectivity index (χ2v) is 5.70. The predicted octanol–water partition coefficient (Wildman–Crippen LogP) is 4.09. The van der Waals surface area contributed by atoms with E-state index in [0.717, 1.165) is 0 Å². The number of nitrogen functional groups attached to an aromatic ring is 1. The summed E-state index contributed by atoms with van der Waals surface area (Å²) in [6.07, 6.45) is 0. The first-order chi connectivity index (χ1) is 9.10. The fraction of sp³-hybridized carbons (Fsp3) is 0.500. The SMILES string of the molecule is Cc1c(N)c(C)c(C(=O)OC(C)(C)C)c(C)c1N=[N+]=[N-]. The lowest BCUT2D eigenvalue weighted by molar-refractivity contribution is 0.00681. The largest absolute Gasteiger partial charge is 0.456 e. The lowest BCUT2D eigenvalue weighted by Gasteiger charge is -2.23. The van der Waals surface area contributed by atoms with Crippen LogP contribution >= 0.6 is 0 Å². The van der Waals surface area contributed by atoms with Gasteiger partial charge in [-0.1, -0.05) is 5.11 Å². The summed E-state index contributed by atoms with van der Waals surface area (Å²) in [5, 5.41) is 3.64. The minimum Gasteiger partial charge on any atom is -0.456 e. The summed E-state index contributed by atoms with van der Waals surface area (Å²) >= 11 is 0. The van der Waals surface area contributed by atoms with E-state index in [2.05, 4.69) is 10.0 Å². The number of anilines is 1. The van der Waals surface area contributed by atoms with Crippen molar-refractivity contribution in [3.63, 3.8) is 0 Å². The molecule has 0 spiro atoms. The molecule has 1 aromatic carbocycles. The minimum atomic E-state index is -0.603. The fourth-order valence-corrected chi connectivity index (χ4v) is 2.05. The first kappa shape index (κ1) is 15.9. The third kappa shape index (κ3) is 3.03. The van der Waals surface area contributed by atoms with Crippen LogP contribution in [0.3, 0.4) is 0 Å². The summed E-state index contributed by atoms with van der Waals surface area (Å²) in [5.74, 6) is -0.464. The van der Waals surface area contributed by atoms with E-state index in [1.807, 2.05) is 0 Å². The molecule has 0 amide bonds. The van der Waals surface area contributed by atoms with Gasteiger partial charge in [-0.2, -0.15) is 0 Å². The Balaban J connectivity index is 3.55. The van der Waals surface area contributed by atoms with Gasteiger partial charge in [0.05, 0.1) is 5.56 Å². The number of ether oxygens (including phenoxy) is 1. The third-order valence-corrected chi connectivity index (χ3v) is 3.02. The molecule has 0 fully saturated rings. The van der Waals surface area contributed by atoms with Crippen molar-refractivity contribution in [2.75, 3.05) is 5.73 Å². The van der Waals surface area contributed by atoms with Crippen molar-refractivity contribution in [3.05, 3.63) is 32.7 Å². The molecule has 0 aromatic heterocycles. The number of rotatable bonds is 2. The van der Waals surface area contributed by atoms with Crippen molar-refractivity contribution in [2.45, 2.75) is 47.1 Å². The highest BCUT2D eigenvalue weighted by Gasteiger charge is 2.24. The third-order valence-electron chi connectivity index (χ3n) is 3.02. The Morgan fingerprint density at radius 3 is 2.20 bits per heavy atom. The van der Waals surface area contributed by atoms with Gasteiger partial charge >= 0.3 is 5.97 Å². The number of azide groups is 1. The zero-order valence-electron chi connectivity index (χ0n) is 12.7. The van der Waals surface area contributed by atoms with Crippen molar-refractivity contribution in [1.29, 1.82) is 0 Å². The Hall–Kier alpha value is -2.20. The monoisotopic (exact) mass is 276 g/mol. The van der Waals surface area contributed by atoms with Crippen LogP contribution in [-0.2, 0) is 4.74 Å². The van der Waals surface area contributed by atoms with E-state index < -0.39 is 11.6 Å². The predicted molar refractivity (Wildman–Crippen MR) is 79.0 cm³/mol. The normalized spacial score (nSPS) is 10.9. The van der Waals surface area contributed by atoms with E-state index in [1.165, 1.54) is 0 Å². The van der Waals surface area contributed by atoms with E-state index in [-0.39, 0.29) is 0 Å². The van der Waals surface area contributed by atoms with Crippen molar-refractivity contribution >= 4 is 17.3 Å². The highest BCUT2D eigenvalue weighted by atomic mass is 16.6. The fourth-order valence-electron chi connectivity index (χ4n) is 2.05. The van der Waals surface area contributed by atoms with Gasteiger partial charge in [0, 0.05) is 16.3 Å². The number of hydrogen-bond donors (Lipinski definition) is 1. The van der Waals surface area contributed by atoms with Gasteiger partial charge in [-0.3, -0.25) is 0 Å². The summed E-state index contributed by atoms with van der Waals surface area (Å²) in [5.41, 5.74) is 17.1. The summed E-state index contributed by atoms with van der Waals surface area (Å²) < 4.78 is 5.38. The first-order valence-corrected chi connectivity index (χ1v) is 6.27. The molecule has 0 aliphatic rings. The second kappa shape index (κ2) is 5.43. The lowest BCUT2D eigenvalue weighted by atomic mass is 9.95. The molecule has 20 heavy (non-hydrogen) atoms. The Morgan fingerprint density at radius 1 is 1.20 bits per heavy atom. The summed E-state index contributed by atoms with van der Waals surface area (Å²) in [7, 11) is 0. The maximum absolute atomic E-state index is 12.3. The molecule has 0 saturated heterocycles. The lowest BCUT2D eigenvalue weighted by Crippen LogP contribution is -2.25. The summed E-state index contributed by atoms with van der Waals surface area (Å²) in [4.78, 5) is 15.1. The number of carbonyl (C=O) groups excluding carboxylic acids is 1. The van der Waals surface area contributed by atoms with Crippen LogP contribution in [0.4, 0.5) is 11.4 Å². The Kier molecular flexibility index (Phi) is 4.30. The van der Waals surface area contributed by atoms with Crippen LogP contribution in [0.1, 0.15) is 47.8 Å². The Bertz CT molecular complexity index is 609. The van der Waals surface area contributed by atoms with E-state index in [4.69, 9.17) is 16.0 Å². The van der Waals surface area contributed by atoms with Gasteiger partial charge in [-0.15, -0.1) is 0 Å². The quantitative estimate of drug-likeness (QED) is 0.289. The molecule has 2 N–H and O–H groups in total. The van der Waals surface area contributed by atoms with E-state index in [1.54, 1.807) is 41.5 Å². The molecule has 6 nitrogen and oxygen atoms in total. The van der Waals surface area contributed by atoms with Crippen LogP contribution in [0, 0.1) is 20.8 Å². The molecule has 0 heterocycles. The van der Waals surface area contributed by atoms with Crippen LogP contribution in [0.25, 0.3) is 10.4 Å². The number of nitrogens with two attached hydrogens (primary N) is 1. The van der Waals surface area contributed by atoms with Gasteiger partial charge in [0.25, 0.3) is 0 Å². The van der Waals surface area contributed by atoms with Crippen molar-refractivity contribution in [3.8, 4) is 0 Å². The molecule has 108 valence electrons. The van der Waals surface area contributed by atoms with Crippen molar-refractivity contribution in [2.24, 2.45) is 5.11 Å². The van der Waals surface area contributed by atoms with E-state index in [9.17, 15) is 4.79 Å². The smallest absolute Gasteiger partial charge is 0.339 e. The van der Waals surface area contributed by atoms with Gasteiger partial charge < -0.3 is 10.5 Å². The topological polar surface area (TPSA) is 101 Å². The number of hydrogen-bond acceptors (Lipinski definition) is 4. The van der Waals surface area contributed by atoms with Crippen LogP contribution in [0.15, 0.2) is 5.11 Å². The number of carbonyl (C=O) groups is 1. The summed E-state index contributed by atoms with van der Waals surface area (Å²) in [6.45, 7) is 10.6. The summed E-state index contributed by atoms with van der Waals surface area (Å²) in [6, 6.07) is 0. The highest BCUT2D eigenvalue weighted by molar-refractivity contribution is 5.97. The zero-order valence-corrected chi connectivity index (χ0v) is 12.7. The molecule has 6 heteroatoms. The second-order valence-electron chi connectivity index (χ2n) is 5.70. The number of esters is 1. The maximum Gasteiger partial charge on any atom is 0.339 e. The van der Waals surface area contributed by atoms with E-state index >= 15 is 0 Å². The number of nitrogens with zero attached hydrogens (tertiary/aromatic N) is 3. The van der Waals surface area contributed by atoms with E-state index in [0.29, 0.717) is 33.6 Å². The Labute approximate surface area is 118 Å². The van der Waals surface area contributed by atoms with Crippen LogP contribution in [-0.4, -0.2) is 11.6 Å². The molecule has 1 aromatic rings. The molecular formula is C14H20N4O2. The Morgan fingerprint density at radius 2 is 1.75 bits per heavy atom. The van der Waals surface area contributed by atoms with Gasteiger partial charge in [-0.05, 0) is 63.8 Å². The standard InChI is InChI=1S/C14H20N4O2/c1-7-10(13(19)20-14(4,5)6)8(2)12(17-18-16)9(3)11(7)15/h15H2,1-6H3. The molecule has 0 radical (unpaired) electrons. The van der Waals surface area contributed by atoms with Gasteiger partial charge in [0.15, 0.2) is 0 Å². The molecular weight excluding hydrogens is 256 g/mol. The van der Waals surface area contributed by atoms with Gasteiger partial charge in [0.2, 0.25) is 0 Å². The number of benzene rings is 1. The highest BCUT2D eigenvalue weighted by Crippen LogP contribution is 2.35. The molecule has 1 rings (SSSR count). The molecule has 0 atom stereocenters. The van der Waals surface area contributed by atoms with Gasteiger partial charge in [0.1, 0.15) is 5.60 Å². The van der Waals surface area contributed by atoms with Crippen molar-refractivity contribution < 1.29 is 9.53 Å². The maximum atomic E-state index is 12.3. The molecule has 0 bridgehead atoms. The molecule has 0 aliphatic carbocycles. The minimum absolute atomic E-state index is 0.366. The molecule has 0 unspecified atom stereocenters. The average molecular weight is 276 g/mol. The van der Waals surface area contributed by atoms with Crippen LogP contribution in [0.2, 0.25) is 0 Å². The molecule has 0 aliphatic heterocycles.